The number of hydrogen-bond donors (Lipinski definition) is 0. The van der Waals surface area contributed by atoms with Gasteiger partial charge in [0.25, 0.3) is 0 Å². The maximum absolute atomic E-state index is 12.1. The Hall–Kier alpha value is -2.72. The number of nitrogens with zero attached hydrogens (tertiary/aromatic N) is 4. The van der Waals surface area contributed by atoms with Crippen LogP contribution in [0.2, 0.25) is 0 Å². The highest BCUT2D eigenvalue weighted by atomic mass is 32.1. The van der Waals surface area contributed by atoms with E-state index in [1.807, 2.05) is 25.1 Å². The SMILES string of the molecule is CCCCc1cc(C(=O)OC)c(N=Nc2ccc(N(CC)CCC#N)cc2C)s1. The van der Waals surface area contributed by atoms with Crippen LogP contribution in [0, 0.1) is 18.3 Å². The van der Waals surface area contributed by atoms with Crippen molar-refractivity contribution in [3.05, 3.63) is 40.3 Å². The molecule has 2 rings (SSSR count). The number of ether oxygens (including phenoxy) is 1. The number of unbranched alkanes of at least 4 members (excludes halogenated alkanes) is 1. The van der Waals surface area contributed by atoms with Crippen molar-refractivity contribution in [3.8, 4) is 6.07 Å². The van der Waals surface area contributed by atoms with E-state index in [2.05, 4.69) is 41.1 Å². The first-order chi connectivity index (χ1) is 14.0. The van der Waals surface area contributed by atoms with Crippen molar-refractivity contribution >= 4 is 33.7 Å². The van der Waals surface area contributed by atoms with Crippen LogP contribution in [-0.2, 0) is 11.2 Å². The predicted molar refractivity (Wildman–Crippen MR) is 118 cm³/mol. The summed E-state index contributed by atoms with van der Waals surface area (Å²) >= 11 is 1.49. The molecular formula is C22H28N4O2S. The summed E-state index contributed by atoms with van der Waals surface area (Å²) in [4.78, 5) is 15.4. The van der Waals surface area contributed by atoms with Gasteiger partial charge in [-0.2, -0.15) is 5.26 Å². The zero-order valence-corrected chi connectivity index (χ0v) is 18.4. The fourth-order valence-electron chi connectivity index (χ4n) is 2.94. The molecule has 0 fully saturated rings. The second kappa shape index (κ2) is 11.3. The number of nitriles is 1. The average Bonchev–Trinajstić information content (AvgIpc) is 3.14. The van der Waals surface area contributed by atoms with Gasteiger partial charge in [0.1, 0.15) is 0 Å². The molecule has 0 aliphatic rings. The summed E-state index contributed by atoms with van der Waals surface area (Å²) < 4.78 is 4.89. The van der Waals surface area contributed by atoms with Gasteiger partial charge in [0.2, 0.25) is 0 Å². The number of thiophene rings is 1. The van der Waals surface area contributed by atoms with Crippen molar-refractivity contribution in [2.45, 2.75) is 46.5 Å². The molecule has 0 unspecified atom stereocenters. The Labute approximate surface area is 176 Å². The van der Waals surface area contributed by atoms with E-state index in [9.17, 15) is 4.79 Å². The Kier molecular flexibility index (Phi) is 8.81. The fraction of sp³-hybridized carbons (Fsp3) is 0.455. The minimum Gasteiger partial charge on any atom is -0.465 e. The molecule has 1 heterocycles. The standard InChI is InChI=1S/C22H28N4O2S/c1-5-7-9-18-15-19(22(27)28-4)21(29-18)25-24-20-11-10-17(14-16(20)3)26(6-2)13-8-12-23/h10-11,14-15H,5-9,13H2,1-4H3. The van der Waals surface area contributed by atoms with Crippen LogP contribution in [-0.4, -0.2) is 26.2 Å². The van der Waals surface area contributed by atoms with Gasteiger partial charge in [-0.15, -0.1) is 21.6 Å². The van der Waals surface area contributed by atoms with Gasteiger partial charge in [-0.25, -0.2) is 4.79 Å². The number of benzene rings is 1. The van der Waals surface area contributed by atoms with E-state index in [1.54, 1.807) is 0 Å². The van der Waals surface area contributed by atoms with Crippen molar-refractivity contribution < 1.29 is 9.53 Å². The van der Waals surface area contributed by atoms with Crippen LogP contribution in [0.3, 0.4) is 0 Å². The number of carbonyl (C=O) groups excluding carboxylic acids is 1. The fourth-order valence-corrected chi connectivity index (χ4v) is 3.94. The van der Waals surface area contributed by atoms with Crippen molar-refractivity contribution in [1.82, 2.24) is 0 Å². The van der Waals surface area contributed by atoms with E-state index in [0.29, 0.717) is 23.5 Å². The number of azo groups is 1. The molecule has 0 amide bonds. The molecule has 154 valence electrons. The predicted octanol–water partition coefficient (Wildman–Crippen LogP) is 6.34. The third kappa shape index (κ3) is 6.13. The summed E-state index contributed by atoms with van der Waals surface area (Å²) in [5, 5.41) is 18.2. The van der Waals surface area contributed by atoms with Gasteiger partial charge in [-0.1, -0.05) is 13.3 Å². The number of anilines is 1. The zero-order chi connectivity index (χ0) is 21.2. The van der Waals surface area contributed by atoms with Gasteiger partial charge in [0.15, 0.2) is 5.00 Å². The minimum atomic E-state index is -0.388. The molecule has 29 heavy (non-hydrogen) atoms. The lowest BCUT2D eigenvalue weighted by molar-refractivity contribution is 0.0602. The molecule has 0 radical (unpaired) electrons. The third-order valence-electron chi connectivity index (χ3n) is 4.61. The smallest absolute Gasteiger partial charge is 0.341 e. The number of esters is 1. The molecule has 0 aliphatic carbocycles. The molecule has 6 nitrogen and oxygen atoms in total. The molecule has 0 aliphatic heterocycles. The maximum Gasteiger partial charge on any atom is 0.341 e. The van der Waals surface area contributed by atoms with Crippen LogP contribution in [0.5, 0.6) is 0 Å². The van der Waals surface area contributed by atoms with E-state index in [4.69, 9.17) is 10.00 Å². The Bertz CT molecular complexity index is 899. The molecule has 0 saturated carbocycles. The maximum atomic E-state index is 12.1. The van der Waals surface area contributed by atoms with E-state index >= 15 is 0 Å². The van der Waals surface area contributed by atoms with E-state index in [1.165, 1.54) is 18.4 Å². The average molecular weight is 413 g/mol. The highest BCUT2D eigenvalue weighted by Gasteiger charge is 2.17. The topological polar surface area (TPSA) is 78.0 Å². The summed E-state index contributed by atoms with van der Waals surface area (Å²) in [6.07, 6.45) is 3.57. The Morgan fingerprint density at radius 2 is 2.07 bits per heavy atom. The lowest BCUT2D eigenvalue weighted by Crippen LogP contribution is -2.23. The van der Waals surface area contributed by atoms with Crippen molar-refractivity contribution in [3.63, 3.8) is 0 Å². The van der Waals surface area contributed by atoms with Gasteiger partial charge < -0.3 is 9.64 Å². The summed E-state index contributed by atoms with van der Waals surface area (Å²) in [6.45, 7) is 7.73. The summed E-state index contributed by atoms with van der Waals surface area (Å²) in [5.74, 6) is -0.388. The van der Waals surface area contributed by atoms with Crippen LogP contribution >= 0.6 is 11.3 Å². The summed E-state index contributed by atoms with van der Waals surface area (Å²) in [6, 6.07) is 10.0. The first-order valence-electron chi connectivity index (χ1n) is 9.89. The number of aryl methyl sites for hydroxylation is 2. The summed E-state index contributed by atoms with van der Waals surface area (Å²) in [5.41, 5.74) is 3.27. The second-order valence-corrected chi connectivity index (χ2v) is 7.80. The molecule has 0 bridgehead atoms. The molecular weight excluding hydrogens is 384 g/mol. The van der Waals surface area contributed by atoms with E-state index in [-0.39, 0.29) is 5.97 Å². The molecule has 7 heteroatoms. The lowest BCUT2D eigenvalue weighted by Gasteiger charge is -2.22. The van der Waals surface area contributed by atoms with Crippen LogP contribution in [0.25, 0.3) is 0 Å². The molecule has 2 aromatic rings. The van der Waals surface area contributed by atoms with Gasteiger partial charge in [-0.05, 0) is 56.5 Å². The first kappa shape index (κ1) is 22.6. The van der Waals surface area contributed by atoms with Gasteiger partial charge in [-0.3, -0.25) is 0 Å². The Balaban J connectivity index is 2.25. The molecule has 0 spiro atoms. The van der Waals surface area contributed by atoms with Crippen LogP contribution < -0.4 is 4.90 Å². The second-order valence-electron chi connectivity index (χ2n) is 6.69. The van der Waals surface area contributed by atoms with E-state index in [0.717, 1.165) is 47.6 Å². The van der Waals surface area contributed by atoms with Crippen LogP contribution in [0.15, 0.2) is 34.5 Å². The number of hydrogen-bond acceptors (Lipinski definition) is 7. The lowest BCUT2D eigenvalue weighted by atomic mass is 10.1. The molecule has 1 aromatic heterocycles. The monoisotopic (exact) mass is 412 g/mol. The quantitative estimate of drug-likeness (QED) is 0.337. The molecule has 0 atom stereocenters. The van der Waals surface area contributed by atoms with Crippen LogP contribution in [0.4, 0.5) is 16.4 Å². The highest BCUT2D eigenvalue weighted by molar-refractivity contribution is 7.16. The zero-order valence-electron chi connectivity index (χ0n) is 17.6. The Morgan fingerprint density at radius 1 is 1.28 bits per heavy atom. The van der Waals surface area contributed by atoms with Gasteiger partial charge in [0.05, 0.1) is 30.9 Å². The Morgan fingerprint density at radius 3 is 2.69 bits per heavy atom. The largest absolute Gasteiger partial charge is 0.465 e. The molecule has 1 aromatic carbocycles. The van der Waals surface area contributed by atoms with Crippen molar-refractivity contribution in [2.24, 2.45) is 10.2 Å². The minimum absolute atomic E-state index is 0.388. The first-order valence-corrected chi connectivity index (χ1v) is 10.7. The number of rotatable bonds is 10. The van der Waals surface area contributed by atoms with E-state index < -0.39 is 0 Å². The summed E-state index contributed by atoms with van der Waals surface area (Å²) in [7, 11) is 1.38. The third-order valence-corrected chi connectivity index (χ3v) is 5.69. The molecule has 0 saturated heterocycles. The van der Waals surface area contributed by atoms with Crippen molar-refractivity contribution in [2.75, 3.05) is 25.1 Å². The molecule has 0 N–H and O–H groups in total. The van der Waals surface area contributed by atoms with Crippen LogP contribution in [0.1, 0.15) is 53.9 Å². The number of methoxy groups -OCH3 is 1. The van der Waals surface area contributed by atoms with Gasteiger partial charge >= 0.3 is 5.97 Å². The highest BCUT2D eigenvalue weighted by Crippen LogP contribution is 2.34. The normalized spacial score (nSPS) is 10.9. The number of carbonyl (C=O) groups is 1. The van der Waals surface area contributed by atoms with Crippen molar-refractivity contribution in [1.29, 1.82) is 5.26 Å². The van der Waals surface area contributed by atoms with Gasteiger partial charge in [0, 0.05) is 23.7 Å².